The highest BCUT2D eigenvalue weighted by Gasteiger charge is 2.26. The van der Waals surface area contributed by atoms with E-state index >= 15 is 0 Å². The van der Waals surface area contributed by atoms with Crippen LogP contribution in [-0.4, -0.2) is 58.1 Å². The molecule has 0 spiro atoms. The predicted octanol–water partition coefficient (Wildman–Crippen LogP) is 22.6. The Bertz CT molecular complexity index is 7040. The number of pyridine rings is 2. The van der Waals surface area contributed by atoms with Gasteiger partial charge < -0.3 is 9.13 Å². The number of para-hydroxylation sites is 5. The van der Waals surface area contributed by atoms with E-state index in [1.165, 1.54) is 11.1 Å². The van der Waals surface area contributed by atoms with Crippen LogP contribution in [0.2, 0.25) is 0 Å². The van der Waals surface area contributed by atoms with Crippen molar-refractivity contribution in [3.8, 4) is 114 Å². The maximum atomic E-state index is 5.53. The smallest absolute Gasteiger partial charge is 0.238 e. The fourth-order valence-corrected chi connectivity index (χ4v) is 15.7. The van der Waals surface area contributed by atoms with Gasteiger partial charge in [0.25, 0.3) is 0 Å². The minimum atomic E-state index is 0.488. The second-order valence-electron chi connectivity index (χ2n) is 26.7. The van der Waals surface area contributed by atoms with E-state index < -0.39 is 0 Å². The topological polar surface area (TPSA) is 123 Å². The molecule has 0 aliphatic rings. The summed E-state index contributed by atoms with van der Waals surface area (Å²) in [5.74, 6) is 3.15. The molecule has 13 aromatic carbocycles. The van der Waals surface area contributed by atoms with Gasteiger partial charge in [0, 0.05) is 106 Å². The number of hydrogen-bond donors (Lipinski definition) is 0. The van der Waals surface area contributed by atoms with Crippen LogP contribution in [0.5, 0.6) is 0 Å². The van der Waals surface area contributed by atoms with Crippen LogP contribution in [0.4, 0.5) is 0 Å². The Kier molecular flexibility index (Phi) is 14.0. The quantitative estimate of drug-likeness (QED) is 0.119. The average molecular weight is 1360 g/mol. The van der Waals surface area contributed by atoms with Crippen LogP contribution >= 0.6 is 0 Å². The first-order valence-electron chi connectivity index (χ1n) is 35.5. The lowest BCUT2D eigenvalue weighted by Gasteiger charge is -2.14. The SMILES string of the molecule is c1ccc(-c2ccc(-n3c4ccccc4c4cc5c(cc43)c3ccccc3n5-c3nc(-c4ccccc4)nc(-c4cccc(-c5ccc(-c6cccc(-c7nc(-c8cccc(-c9ccccn9)c8)nc(-n8c9ccccc9c9ccc%10c%11ccccc%11n(-c%11ccccc%11)c%10c98)n7)c6)nc5)c4)n3)cc2)cc1. The normalized spacial score (nSPS) is 11.8. The van der Waals surface area contributed by atoms with Crippen LogP contribution in [-0.2, 0) is 0 Å². The zero-order chi connectivity index (χ0) is 69.8. The summed E-state index contributed by atoms with van der Waals surface area (Å²) >= 11 is 0. The summed E-state index contributed by atoms with van der Waals surface area (Å²) in [5, 5.41) is 8.93. The molecule has 0 saturated heterocycles. The van der Waals surface area contributed by atoms with Crippen molar-refractivity contribution < 1.29 is 0 Å². The molecule has 12 nitrogen and oxygen atoms in total. The van der Waals surface area contributed by atoms with Crippen molar-refractivity contribution in [3.05, 3.63) is 352 Å². The van der Waals surface area contributed by atoms with E-state index in [0.29, 0.717) is 35.2 Å². The van der Waals surface area contributed by atoms with Gasteiger partial charge in [0.05, 0.1) is 55.5 Å². The number of rotatable bonds is 12. The van der Waals surface area contributed by atoms with Gasteiger partial charge in [0.2, 0.25) is 11.9 Å². The third-order valence-electron chi connectivity index (χ3n) is 20.6. The summed E-state index contributed by atoms with van der Waals surface area (Å²) < 4.78 is 9.21. The van der Waals surface area contributed by atoms with E-state index in [1.807, 2.05) is 54.9 Å². The van der Waals surface area contributed by atoms with Crippen LogP contribution in [0.3, 0.4) is 0 Å². The first-order valence-corrected chi connectivity index (χ1v) is 35.5. The van der Waals surface area contributed by atoms with Crippen LogP contribution in [0.15, 0.2) is 352 Å². The highest BCUT2D eigenvalue weighted by atomic mass is 15.2. The Morgan fingerprint density at radius 1 is 0.189 bits per heavy atom. The minimum Gasteiger partial charge on any atom is -0.309 e. The Hall–Kier alpha value is -14.6. The summed E-state index contributed by atoms with van der Waals surface area (Å²) in [6, 6.07) is 119. The number of fused-ring (bicyclic) bond motifs is 13. The molecule has 0 fully saturated rings. The fourth-order valence-electron chi connectivity index (χ4n) is 15.7. The Balaban J connectivity index is 0.666. The molecule has 21 aromatic rings. The van der Waals surface area contributed by atoms with E-state index in [4.69, 9.17) is 39.9 Å². The van der Waals surface area contributed by atoms with E-state index in [1.54, 1.807) is 0 Å². The van der Waals surface area contributed by atoms with Gasteiger partial charge in [0.15, 0.2) is 23.3 Å². The van der Waals surface area contributed by atoms with Gasteiger partial charge in [-0.3, -0.25) is 19.1 Å². The molecule has 0 atom stereocenters. The van der Waals surface area contributed by atoms with E-state index in [9.17, 15) is 0 Å². The molecular weight excluding hydrogens is 1300 g/mol. The maximum Gasteiger partial charge on any atom is 0.238 e. The molecule has 494 valence electrons. The van der Waals surface area contributed by atoms with Gasteiger partial charge in [0.1, 0.15) is 0 Å². The number of nitrogens with zero attached hydrogens (tertiary/aromatic N) is 12. The van der Waals surface area contributed by atoms with Crippen molar-refractivity contribution in [2.24, 2.45) is 0 Å². The lowest BCUT2D eigenvalue weighted by Crippen LogP contribution is -2.07. The van der Waals surface area contributed by atoms with Crippen LogP contribution in [0, 0.1) is 0 Å². The molecule has 106 heavy (non-hydrogen) atoms. The van der Waals surface area contributed by atoms with Gasteiger partial charge >= 0.3 is 0 Å². The molecule has 12 heteroatoms. The minimum absolute atomic E-state index is 0.488. The van der Waals surface area contributed by atoms with Crippen molar-refractivity contribution in [2.75, 3.05) is 0 Å². The zero-order valence-electron chi connectivity index (χ0n) is 56.9. The van der Waals surface area contributed by atoms with Gasteiger partial charge in [-0.05, 0) is 114 Å². The van der Waals surface area contributed by atoms with Gasteiger partial charge in [-0.1, -0.05) is 243 Å². The first-order chi connectivity index (χ1) is 52.5. The second-order valence-corrected chi connectivity index (χ2v) is 26.7. The molecular formula is C94H58N12. The van der Waals surface area contributed by atoms with Crippen molar-refractivity contribution in [1.82, 2.24) is 58.1 Å². The average Bonchev–Trinajstić information content (AvgIpc) is 1.56. The summed E-state index contributed by atoms with van der Waals surface area (Å²) in [4.78, 5) is 42.4. The monoisotopic (exact) mass is 1350 g/mol. The summed E-state index contributed by atoms with van der Waals surface area (Å²) in [5.41, 5.74) is 21.6. The highest BCUT2D eigenvalue weighted by molar-refractivity contribution is 6.24. The molecule has 0 aliphatic carbocycles. The molecule has 8 heterocycles. The van der Waals surface area contributed by atoms with Gasteiger partial charge in [-0.2, -0.15) is 19.9 Å². The predicted molar refractivity (Wildman–Crippen MR) is 430 cm³/mol. The van der Waals surface area contributed by atoms with E-state index in [0.717, 1.165) is 154 Å². The molecule has 0 amide bonds. The third kappa shape index (κ3) is 9.99. The largest absolute Gasteiger partial charge is 0.309 e. The lowest BCUT2D eigenvalue weighted by molar-refractivity contribution is 0.953. The second kappa shape index (κ2) is 24.6. The lowest BCUT2D eigenvalue weighted by atomic mass is 10.0. The number of benzene rings is 13. The highest BCUT2D eigenvalue weighted by Crippen LogP contribution is 2.44. The van der Waals surface area contributed by atoms with Crippen molar-refractivity contribution in [1.29, 1.82) is 0 Å². The number of aromatic nitrogens is 12. The Morgan fingerprint density at radius 3 is 1.12 bits per heavy atom. The van der Waals surface area contributed by atoms with Crippen LogP contribution < -0.4 is 0 Å². The van der Waals surface area contributed by atoms with Crippen molar-refractivity contribution in [2.45, 2.75) is 0 Å². The third-order valence-corrected chi connectivity index (χ3v) is 20.6. The molecule has 0 aliphatic heterocycles. The summed E-state index contributed by atoms with van der Waals surface area (Å²) in [6.07, 6.45) is 3.76. The molecule has 0 radical (unpaired) electrons. The molecule has 0 unspecified atom stereocenters. The fraction of sp³-hybridized carbons (Fsp3) is 0. The molecule has 21 rings (SSSR count). The number of hydrogen-bond acceptors (Lipinski definition) is 8. The van der Waals surface area contributed by atoms with E-state index in [2.05, 4.69) is 316 Å². The molecule has 0 bridgehead atoms. The van der Waals surface area contributed by atoms with Crippen molar-refractivity contribution in [3.63, 3.8) is 0 Å². The Morgan fingerprint density at radius 2 is 0.575 bits per heavy atom. The van der Waals surface area contributed by atoms with Gasteiger partial charge in [-0.15, -0.1) is 0 Å². The maximum absolute atomic E-state index is 5.53. The van der Waals surface area contributed by atoms with Crippen molar-refractivity contribution >= 4 is 87.2 Å². The first kappa shape index (κ1) is 60.2. The Labute approximate surface area is 607 Å². The van der Waals surface area contributed by atoms with E-state index in [-0.39, 0.29) is 0 Å². The van der Waals surface area contributed by atoms with Crippen LogP contribution in [0.1, 0.15) is 0 Å². The standard InChI is InChI=1S/C94H58N12/c1-4-23-59(24-5-1)60-44-47-70(48-45-60)103-81-40-14-12-37-73(81)77-57-86-78(56-85(77)103)74-38-13-16-42-83(74)105(86)93-99-89(61-25-6-2-7-26-61)97-90(100-93)65-30-20-27-62(53-65)68-46-51-80(96-58-68)64-29-22-32-67(55-64)92-98-91(66-31-21-28-63(54-66)79-39-18-19-52-95-79)101-94(102-92)106-84-43-17-11-36-72(84)76-50-49-75-71-35-10-15-41-82(71)104(87(75)88(76)106)69-33-8-3-9-34-69/h1-58H. The molecule has 0 N–H and O–H groups in total. The summed E-state index contributed by atoms with van der Waals surface area (Å²) in [6.45, 7) is 0. The van der Waals surface area contributed by atoms with Gasteiger partial charge in [-0.25, -0.2) is 9.97 Å². The van der Waals surface area contributed by atoms with Crippen LogP contribution in [0.25, 0.3) is 201 Å². The molecule has 0 saturated carbocycles. The zero-order valence-corrected chi connectivity index (χ0v) is 56.9. The molecule has 8 aromatic heterocycles. The summed E-state index contributed by atoms with van der Waals surface area (Å²) in [7, 11) is 0.